The number of rotatable bonds is 5. The summed E-state index contributed by atoms with van der Waals surface area (Å²) in [5.41, 5.74) is 0.696. The first kappa shape index (κ1) is 10.9. The first-order valence-corrected chi connectivity index (χ1v) is 4.28. The van der Waals surface area contributed by atoms with Crippen molar-refractivity contribution in [2.24, 2.45) is 0 Å². The van der Waals surface area contributed by atoms with E-state index < -0.39 is 0 Å². The zero-order valence-electron chi connectivity index (χ0n) is 7.84. The van der Waals surface area contributed by atoms with E-state index in [9.17, 15) is 4.79 Å². The topological polar surface area (TPSA) is 17.1 Å². The summed E-state index contributed by atoms with van der Waals surface area (Å²) < 4.78 is 0. The number of carbonyl (C=O) groups excluding carboxylic acids is 1. The van der Waals surface area contributed by atoms with E-state index in [4.69, 9.17) is 0 Å². The molecule has 0 fully saturated rings. The molecule has 0 spiro atoms. The maximum absolute atomic E-state index is 11.2. The zero-order valence-corrected chi connectivity index (χ0v) is 7.84. The second-order valence-electron chi connectivity index (χ2n) is 2.44. The van der Waals surface area contributed by atoms with Gasteiger partial charge in [-0.05, 0) is 6.42 Å². The summed E-state index contributed by atoms with van der Waals surface area (Å²) in [4.78, 5) is 11.2. The van der Waals surface area contributed by atoms with Crippen molar-refractivity contribution in [3.05, 3.63) is 36.5 Å². The maximum atomic E-state index is 11.2. The Morgan fingerprint density at radius 1 is 1.42 bits per heavy atom. The van der Waals surface area contributed by atoms with Crippen LogP contribution in [0.3, 0.4) is 0 Å². The van der Waals surface area contributed by atoms with Crippen LogP contribution in [0.5, 0.6) is 0 Å². The molecule has 0 aromatic rings. The molecule has 0 saturated heterocycles. The van der Waals surface area contributed by atoms with Gasteiger partial charge in [-0.2, -0.15) is 0 Å². The van der Waals surface area contributed by atoms with Crippen molar-refractivity contribution in [1.82, 2.24) is 0 Å². The number of hydrogen-bond donors (Lipinski definition) is 0. The van der Waals surface area contributed by atoms with Crippen LogP contribution in [0.25, 0.3) is 0 Å². The smallest absolute Gasteiger partial charge is 0.162 e. The van der Waals surface area contributed by atoms with Crippen LogP contribution in [0.1, 0.15) is 26.7 Å². The molecule has 0 N–H and O–H groups in total. The van der Waals surface area contributed by atoms with Gasteiger partial charge in [-0.15, -0.1) is 0 Å². The average Bonchev–Trinajstić information content (AvgIpc) is 2.11. The predicted octanol–water partition coefficient (Wildman–Crippen LogP) is 3.04. The Hall–Kier alpha value is -1.11. The molecule has 0 aromatic carbocycles. The highest BCUT2D eigenvalue weighted by Crippen LogP contribution is 2.01. The van der Waals surface area contributed by atoms with Gasteiger partial charge >= 0.3 is 0 Å². The molecule has 0 saturated carbocycles. The van der Waals surface area contributed by atoms with Gasteiger partial charge in [0.2, 0.25) is 0 Å². The molecule has 1 nitrogen and oxygen atoms in total. The molecule has 0 aromatic heterocycles. The van der Waals surface area contributed by atoms with Gasteiger partial charge in [0.05, 0.1) is 0 Å². The molecule has 12 heavy (non-hydrogen) atoms. The molecule has 0 atom stereocenters. The number of ketones is 1. The Kier molecular flexibility index (Phi) is 5.98. The normalized spacial score (nSPS) is 12.0. The van der Waals surface area contributed by atoms with Crippen molar-refractivity contribution in [2.45, 2.75) is 26.7 Å². The van der Waals surface area contributed by atoms with Crippen LogP contribution in [-0.2, 0) is 4.79 Å². The van der Waals surface area contributed by atoms with Crippen molar-refractivity contribution in [3.63, 3.8) is 0 Å². The largest absolute Gasteiger partial charge is 0.294 e. The Balaban J connectivity index is 4.32. The molecule has 0 rings (SSSR count). The fourth-order valence-electron chi connectivity index (χ4n) is 0.787. The SMILES string of the molecule is C=C/C(=C\C=C/CC)C(=O)CC. The second kappa shape index (κ2) is 6.59. The molecule has 0 bridgehead atoms. The van der Waals surface area contributed by atoms with E-state index in [-0.39, 0.29) is 5.78 Å². The summed E-state index contributed by atoms with van der Waals surface area (Å²) in [7, 11) is 0. The van der Waals surface area contributed by atoms with E-state index in [0.29, 0.717) is 12.0 Å². The first-order valence-electron chi connectivity index (χ1n) is 4.28. The van der Waals surface area contributed by atoms with E-state index in [2.05, 4.69) is 13.5 Å². The highest BCUT2D eigenvalue weighted by Gasteiger charge is 1.99. The number of Topliss-reactive ketones (excluding diaryl/α,β-unsaturated/α-hetero) is 1. The zero-order chi connectivity index (χ0) is 9.40. The molecule has 66 valence electrons. The van der Waals surface area contributed by atoms with Crippen LogP contribution in [-0.4, -0.2) is 5.78 Å². The van der Waals surface area contributed by atoms with Gasteiger partial charge < -0.3 is 0 Å². The summed E-state index contributed by atoms with van der Waals surface area (Å²) in [6, 6.07) is 0. The quantitative estimate of drug-likeness (QED) is 0.451. The Morgan fingerprint density at radius 3 is 2.50 bits per heavy atom. The minimum absolute atomic E-state index is 0.144. The minimum Gasteiger partial charge on any atom is -0.294 e. The summed E-state index contributed by atoms with van der Waals surface area (Å²) in [6.07, 6.45) is 8.84. The van der Waals surface area contributed by atoms with Gasteiger partial charge in [0.1, 0.15) is 0 Å². The van der Waals surface area contributed by atoms with Crippen LogP contribution < -0.4 is 0 Å². The molecule has 0 heterocycles. The van der Waals surface area contributed by atoms with Crippen LogP contribution in [0.15, 0.2) is 36.5 Å². The van der Waals surface area contributed by atoms with Gasteiger partial charge in [0.25, 0.3) is 0 Å². The minimum atomic E-state index is 0.144. The van der Waals surface area contributed by atoms with Gasteiger partial charge in [0.15, 0.2) is 5.78 Å². The highest BCUT2D eigenvalue weighted by atomic mass is 16.1. The lowest BCUT2D eigenvalue weighted by atomic mass is 10.1. The van der Waals surface area contributed by atoms with E-state index in [0.717, 1.165) is 6.42 Å². The number of hydrogen-bond acceptors (Lipinski definition) is 1. The summed E-state index contributed by atoms with van der Waals surface area (Å²) in [5.74, 6) is 0.144. The number of carbonyl (C=O) groups is 1. The first-order chi connectivity index (χ1) is 5.76. The fourth-order valence-corrected chi connectivity index (χ4v) is 0.787. The lowest BCUT2D eigenvalue weighted by Gasteiger charge is -1.94. The van der Waals surface area contributed by atoms with Gasteiger partial charge in [-0.3, -0.25) is 4.79 Å². The van der Waals surface area contributed by atoms with Crippen LogP contribution in [0, 0.1) is 0 Å². The van der Waals surface area contributed by atoms with Crippen molar-refractivity contribution in [3.8, 4) is 0 Å². The lowest BCUT2D eigenvalue weighted by Crippen LogP contribution is -1.96. The number of allylic oxidation sites excluding steroid dienone is 5. The third-order valence-electron chi connectivity index (χ3n) is 1.51. The Labute approximate surface area is 74.5 Å². The van der Waals surface area contributed by atoms with Gasteiger partial charge in [-0.1, -0.05) is 44.7 Å². The van der Waals surface area contributed by atoms with Crippen molar-refractivity contribution >= 4 is 5.78 Å². The molecule has 0 radical (unpaired) electrons. The van der Waals surface area contributed by atoms with Crippen LogP contribution in [0.4, 0.5) is 0 Å². The van der Waals surface area contributed by atoms with Crippen molar-refractivity contribution < 1.29 is 4.79 Å². The third kappa shape index (κ3) is 3.91. The summed E-state index contributed by atoms with van der Waals surface area (Å²) in [6.45, 7) is 7.49. The van der Waals surface area contributed by atoms with E-state index in [1.807, 2.05) is 25.2 Å². The Morgan fingerprint density at radius 2 is 2.08 bits per heavy atom. The van der Waals surface area contributed by atoms with Gasteiger partial charge in [0, 0.05) is 12.0 Å². The monoisotopic (exact) mass is 164 g/mol. The Bertz CT molecular complexity index is 209. The summed E-state index contributed by atoms with van der Waals surface area (Å²) in [5, 5.41) is 0. The molecule has 0 aliphatic carbocycles. The molecule has 0 unspecified atom stereocenters. The predicted molar refractivity (Wildman–Crippen MR) is 53.0 cm³/mol. The maximum Gasteiger partial charge on any atom is 0.162 e. The molecule has 0 aliphatic heterocycles. The summed E-state index contributed by atoms with van der Waals surface area (Å²) >= 11 is 0. The van der Waals surface area contributed by atoms with E-state index >= 15 is 0 Å². The van der Waals surface area contributed by atoms with E-state index in [1.54, 1.807) is 6.08 Å². The van der Waals surface area contributed by atoms with Crippen molar-refractivity contribution in [1.29, 1.82) is 0 Å². The van der Waals surface area contributed by atoms with Crippen LogP contribution >= 0.6 is 0 Å². The molecule has 0 amide bonds. The lowest BCUT2D eigenvalue weighted by molar-refractivity contribution is -0.114. The van der Waals surface area contributed by atoms with Crippen LogP contribution in [0.2, 0.25) is 0 Å². The molecular formula is C11H16O. The molecular weight excluding hydrogens is 148 g/mol. The highest BCUT2D eigenvalue weighted by molar-refractivity contribution is 5.97. The second-order valence-corrected chi connectivity index (χ2v) is 2.44. The van der Waals surface area contributed by atoms with E-state index in [1.165, 1.54) is 0 Å². The molecule has 0 aliphatic rings. The fraction of sp³-hybridized carbons (Fsp3) is 0.364. The average molecular weight is 164 g/mol. The third-order valence-corrected chi connectivity index (χ3v) is 1.51. The standard InChI is InChI=1S/C11H16O/c1-4-7-8-9-10(5-2)11(12)6-3/h5,7-9H,2,4,6H2,1,3H3/b8-7-,10-9+. The van der Waals surface area contributed by atoms with Gasteiger partial charge in [-0.25, -0.2) is 0 Å². The van der Waals surface area contributed by atoms with Crippen molar-refractivity contribution in [2.75, 3.05) is 0 Å². The molecule has 1 heteroatoms.